The number of anilines is 2. The van der Waals surface area contributed by atoms with Crippen molar-refractivity contribution in [2.24, 2.45) is 4.99 Å². The van der Waals surface area contributed by atoms with Gasteiger partial charge in [0.25, 0.3) is 5.91 Å². The molecule has 0 saturated heterocycles. The molecule has 0 saturated carbocycles. The smallest absolute Gasteiger partial charge is 0.252 e. The van der Waals surface area contributed by atoms with Crippen LogP contribution in [0.3, 0.4) is 0 Å². The monoisotopic (exact) mass is 570 g/mol. The van der Waals surface area contributed by atoms with Crippen LogP contribution in [-0.2, 0) is 16.0 Å². The Kier molecular flexibility index (Phi) is 7.79. The highest BCUT2D eigenvalue weighted by Gasteiger charge is 2.35. The fraction of sp³-hybridized carbons (Fsp3) is 0.194. The third-order valence-corrected chi connectivity index (χ3v) is 7.85. The molecule has 0 fully saturated rings. The Morgan fingerprint density at radius 2 is 1.63 bits per heavy atom. The van der Waals surface area contributed by atoms with E-state index in [9.17, 15) is 9.59 Å². The Labute approximate surface area is 251 Å². The molecule has 1 N–H and O–H groups in total. The number of nitrogens with one attached hydrogen (secondary N) is 1. The summed E-state index contributed by atoms with van der Waals surface area (Å²) in [6, 6.07) is 32.2. The maximum Gasteiger partial charge on any atom is 0.252 e. The van der Waals surface area contributed by atoms with E-state index in [1.165, 1.54) is 0 Å². The number of benzene rings is 4. The first-order valence-corrected chi connectivity index (χ1v) is 14.5. The van der Waals surface area contributed by atoms with E-state index in [4.69, 9.17) is 9.73 Å². The highest BCUT2D eigenvalue weighted by molar-refractivity contribution is 6.21. The molecule has 2 heterocycles. The van der Waals surface area contributed by atoms with Crippen molar-refractivity contribution >= 4 is 39.8 Å². The molecule has 0 bridgehead atoms. The van der Waals surface area contributed by atoms with Gasteiger partial charge in [-0.2, -0.15) is 0 Å². The van der Waals surface area contributed by atoms with Gasteiger partial charge in [-0.1, -0.05) is 66.7 Å². The Hall–Kier alpha value is -5.17. The Morgan fingerprint density at radius 1 is 0.930 bits per heavy atom. The predicted octanol–water partition coefficient (Wildman–Crippen LogP) is 6.41. The molecule has 2 amide bonds. The van der Waals surface area contributed by atoms with Gasteiger partial charge in [-0.25, -0.2) is 0 Å². The summed E-state index contributed by atoms with van der Waals surface area (Å²) >= 11 is 0. The Bertz CT molecular complexity index is 1790. The third kappa shape index (κ3) is 5.54. The van der Waals surface area contributed by atoms with Crippen LogP contribution in [-0.4, -0.2) is 48.2 Å². The molecule has 1 aromatic heterocycles. The van der Waals surface area contributed by atoms with Gasteiger partial charge in [-0.3, -0.25) is 14.6 Å². The standard InChI is InChI=1S/C36H34N4O3/c1-24(2)40(27-17-19-28(43-3)20-18-27)34(41)23-39-33-16-10-8-14-30(33)35(25-11-5-4-6-12-25)38-32(36(39)42)21-26-22-37-31-15-9-7-13-29(26)31/h4-20,22,24,32,37H,21,23H2,1-3H3. The minimum absolute atomic E-state index is 0.123. The molecule has 43 heavy (non-hydrogen) atoms. The first kappa shape index (κ1) is 28.0. The van der Waals surface area contributed by atoms with E-state index in [-0.39, 0.29) is 24.4 Å². The van der Waals surface area contributed by atoms with Crippen molar-refractivity contribution in [2.75, 3.05) is 23.5 Å². The van der Waals surface area contributed by atoms with Gasteiger partial charge < -0.3 is 19.5 Å². The lowest BCUT2D eigenvalue weighted by atomic mass is 10.00. The number of hydrogen-bond acceptors (Lipinski definition) is 4. The lowest BCUT2D eigenvalue weighted by molar-refractivity contribution is -0.123. The normalized spacial score (nSPS) is 14.8. The topological polar surface area (TPSA) is 78.0 Å². The van der Waals surface area contributed by atoms with Crippen molar-refractivity contribution in [2.45, 2.75) is 32.4 Å². The summed E-state index contributed by atoms with van der Waals surface area (Å²) in [4.78, 5) is 40.4. The maximum absolute atomic E-state index is 14.5. The summed E-state index contributed by atoms with van der Waals surface area (Å²) in [6.45, 7) is 3.82. The van der Waals surface area contributed by atoms with Crippen molar-refractivity contribution in [3.05, 3.63) is 126 Å². The zero-order valence-electron chi connectivity index (χ0n) is 24.5. The molecule has 5 aromatic rings. The van der Waals surface area contributed by atoms with Gasteiger partial charge >= 0.3 is 0 Å². The molecule has 1 aliphatic rings. The molecule has 7 heteroatoms. The van der Waals surface area contributed by atoms with E-state index < -0.39 is 6.04 Å². The van der Waals surface area contributed by atoms with E-state index in [2.05, 4.69) is 11.1 Å². The quantitative estimate of drug-likeness (QED) is 0.234. The number of benzodiazepines with no additional fused rings is 1. The number of rotatable bonds is 8. The van der Waals surface area contributed by atoms with E-state index in [1.54, 1.807) is 16.9 Å². The van der Waals surface area contributed by atoms with Crippen LogP contribution < -0.4 is 14.5 Å². The first-order valence-electron chi connectivity index (χ1n) is 14.5. The van der Waals surface area contributed by atoms with Gasteiger partial charge in [-0.05, 0) is 55.8 Å². The average molecular weight is 571 g/mol. The molecule has 1 unspecified atom stereocenters. The molecular weight excluding hydrogens is 536 g/mol. The summed E-state index contributed by atoms with van der Waals surface area (Å²) < 4.78 is 5.32. The van der Waals surface area contributed by atoms with Crippen LogP contribution in [0.15, 0.2) is 114 Å². The van der Waals surface area contributed by atoms with E-state index >= 15 is 0 Å². The SMILES string of the molecule is COc1ccc(N(C(=O)CN2C(=O)C(Cc3c[nH]c4ccccc34)N=C(c3ccccc3)c3ccccc32)C(C)C)cc1. The maximum atomic E-state index is 14.5. The number of ether oxygens (including phenoxy) is 1. The van der Waals surface area contributed by atoms with Crippen LogP contribution in [0.25, 0.3) is 10.9 Å². The third-order valence-electron chi connectivity index (χ3n) is 7.85. The van der Waals surface area contributed by atoms with Crippen LogP contribution in [0.1, 0.15) is 30.5 Å². The highest BCUT2D eigenvalue weighted by atomic mass is 16.5. The number of aliphatic imine (C=N–C) groups is 1. The van der Waals surface area contributed by atoms with Crippen LogP contribution in [0.2, 0.25) is 0 Å². The number of para-hydroxylation sites is 2. The van der Waals surface area contributed by atoms with Crippen LogP contribution >= 0.6 is 0 Å². The van der Waals surface area contributed by atoms with Crippen LogP contribution in [0, 0.1) is 0 Å². The minimum atomic E-state index is -0.733. The molecule has 0 spiro atoms. The van der Waals surface area contributed by atoms with E-state index in [1.807, 2.05) is 117 Å². The van der Waals surface area contributed by atoms with Gasteiger partial charge in [0.2, 0.25) is 5.91 Å². The number of hydrogen-bond donors (Lipinski definition) is 1. The predicted molar refractivity (Wildman–Crippen MR) is 172 cm³/mol. The van der Waals surface area contributed by atoms with Crippen molar-refractivity contribution in [3.63, 3.8) is 0 Å². The van der Waals surface area contributed by atoms with Gasteiger partial charge in [-0.15, -0.1) is 0 Å². The number of aromatic amines is 1. The van der Waals surface area contributed by atoms with E-state index in [0.29, 0.717) is 17.9 Å². The lowest BCUT2D eigenvalue weighted by Gasteiger charge is -2.31. The van der Waals surface area contributed by atoms with Crippen molar-refractivity contribution in [3.8, 4) is 5.75 Å². The van der Waals surface area contributed by atoms with Crippen molar-refractivity contribution in [1.29, 1.82) is 0 Å². The number of carbonyl (C=O) groups is 2. The number of H-pyrrole nitrogens is 1. The second-order valence-corrected chi connectivity index (χ2v) is 10.9. The summed E-state index contributed by atoms with van der Waals surface area (Å²) in [5.41, 5.74) is 5.90. The zero-order valence-corrected chi connectivity index (χ0v) is 24.5. The number of fused-ring (bicyclic) bond motifs is 2. The molecule has 7 nitrogen and oxygen atoms in total. The second-order valence-electron chi connectivity index (χ2n) is 10.9. The summed E-state index contributed by atoms with van der Waals surface area (Å²) in [5.74, 6) is 0.315. The van der Waals surface area contributed by atoms with Crippen molar-refractivity contribution in [1.82, 2.24) is 4.98 Å². The summed E-state index contributed by atoms with van der Waals surface area (Å²) in [5, 5.41) is 1.06. The fourth-order valence-corrected chi connectivity index (χ4v) is 5.80. The zero-order chi connectivity index (χ0) is 29.9. The Balaban J connectivity index is 1.43. The number of nitrogens with zero attached hydrogens (tertiary/aromatic N) is 3. The molecule has 0 aliphatic carbocycles. The molecule has 4 aromatic carbocycles. The van der Waals surface area contributed by atoms with Crippen LogP contribution in [0.5, 0.6) is 5.75 Å². The number of methoxy groups -OCH3 is 1. The molecule has 1 aliphatic heterocycles. The summed E-state index contributed by atoms with van der Waals surface area (Å²) in [6.07, 6.45) is 2.34. The molecule has 216 valence electrons. The van der Waals surface area contributed by atoms with Gasteiger partial charge in [0, 0.05) is 46.4 Å². The number of aromatic nitrogens is 1. The van der Waals surface area contributed by atoms with Gasteiger partial charge in [0.1, 0.15) is 18.3 Å². The van der Waals surface area contributed by atoms with Crippen LogP contribution in [0.4, 0.5) is 11.4 Å². The van der Waals surface area contributed by atoms with Gasteiger partial charge in [0.15, 0.2) is 0 Å². The lowest BCUT2D eigenvalue weighted by Crippen LogP contribution is -2.48. The van der Waals surface area contributed by atoms with E-state index in [0.717, 1.165) is 39.0 Å². The first-order chi connectivity index (χ1) is 20.9. The largest absolute Gasteiger partial charge is 0.497 e. The van der Waals surface area contributed by atoms with Crippen molar-refractivity contribution < 1.29 is 14.3 Å². The molecule has 0 radical (unpaired) electrons. The number of amides is 2. The molecular formula is C36H34N4O3. The Morgan fingerprint density at radius 3 is 2.37 bits per heavy atom. The molecule has 6 rings (SSSR count). The second kappa shape index (κ2) is 12.0. The minimum Gasteiger partial charge on any atom is -0.497 e. The highest BCUT2D eigenvalue weighted by Crippen LogP contribution is 2.31. The molecule has 1 atom stereocenters. The fourth-order valence-electron chi connectivity index (χ4n) is 5.80. The van der Waals surface area contributed by atoms with Gasteiger partial charge in [0.05, 0.1) is 18.5 Å². The number of carbonyl (C=O) groups excluding carboxylic acids is 2. The average Bonchev–Trinajstić information content (AvgIpc) is 3.40. The summed E-state index contributed by atoms with van der Waals surface area (Å²) in [7, 11) is 1.61.